The molecule has 4 aromatic carbocycles. The normalized spacial score (nSPS) is 11.8. The van der Waals surface area contributed by atoms with Gasteiger partial charge in [0.2, 0.25) is 0 Å². The Hall–Kier alpha value is -2.89. The summed E-state index contributed by atoms with van der Waals surface area (Å²) in [5.41, 5.74) is 6.80. The van der Waals surface area contributed by atoms with E-state index in [2.05, 4.69) is 103 Å². The summed E-state index contributed by atoms with van der Waals surface area (Å²) >= 11 is 0. The first-order valence-electron chi connectivity index (χ1n) is 8.84. The monoisotopic (exact) mass is 355 g/mol. The summed E-state index contributed by atoms with van der Waals surface area (Å²) in [7, 11) is -2.38. The number of benzene rings is 4. The van der Waals surface area contributed by atoms with E-state index in [1.54, 1.807) is 0 Å². The van der Waals surface area contributed by atoms with Crippen LogP contribution in [0.1, 0.15) is 0 Å². The molecule has 0 aliphatic carbocycles. The zero-order chi connectivity index (χ0) is 17.8. The van der Waals surface area contributed by atoms with Crippen LogP contribution in [0.15, 0.2) is 115 Å². The van der Waals surface area contributed by atoms with Crippen LogP contribution >= 0.6 is 7.26 Å². The molecule has 0 saturated heterocycles. The Balaban J connectivity index is 2.12. The zero-order valence-electron chi connectivity index (χ0n) is 14.5. The fourth-order valence-electron chi connectivity index (χ4n) is 3.80. The molecule has 0 radical (unpaired) electrons. The molecule has 4 aromatic rings. The Morgan fingerprint density at radius 1 is 0.385 bits per heavy atom. The van der Waals surface area contributed by atoms with Gasteiger partial charge in [0.15, 0.2) is 0 Å². The van der Waals surface area contributed by atoms with Crippen molar-refractivity contribution in [2.45, 2.75) is 0 Å². The predicted molar refractivity (Wildman–Crippen MR) is 117 cm³/mol. The Kier molecular flexibility index (Phi) is 4.56. The van der Waals surface area contributed by atoms with E-state index in [-0.39, 0.29) is 0 Å². The molecule has 2 N–H and O–H groups in total. The third-order valence-corrected chi connectivity index (χ3v) is 9.76. The molecule has 0 heterocycles. The van der Waals surface area contributed by atoms with Crippen molar-refractivity contribution in [3.63, 3.8) is 0 Å². The first-order valence-corrected chi connectivity index (χ1v) is 10.8. The maximum absolute atomic E-state index is 6.00. The molecule has 0 bridgehead atoms. The van der Waals surface area contributed by atoms with Crippen molar-refractivity contribution in [1.82, 2.24) is 0 Å². The average molecular weight is 355 g/mol. The van der Waals surface area contributed by atoms with Gasteiger partial charge in [-0.3, -0.25) is 0 Å². The van der Waals surface area contributed by atoms with Crippen molar-refractivity contribution in [2.24, 2.45) is 0 Å². The van der Waals surface area contributed by atoms with Gasteiger partial charge in [-0.2, -0.15) is 0 Å². The number of nitrogen functional groups attached to an aromatic ring is 1. The number of hydrogen-bond donors (Lipinski definition) is 1. The van der Waals surface area contributed by atoms with Crippen LogP contribution in [0, 0.1) is 0 Å². The summed E-state index contributed by atoms with van der Waals surface area (Å²) in [5.74, 6) is 0. The van der Waals surface area contributed by atoms with Crippen LogP contribution in [0.5, 0.6) is 0 Å². The molecule has 2 heteroatoms. The van der Waals surface area contributed by atoms with Crippen molar-refractivity contribution in [1.29, 1.82) is 0 Å². The van der Waals surface area contributed by atoms with Crippen molar-refractivity contribution in [2.75, 3.05) is 5.73 Å². The molecule has 26 heavy (non-hydrogen) atoms. The predicted octanol–water partition coefficient (Wildman–Crippen LogP) is 3.62. The summed E-state index contributed by atoms with van der Waals surface area (Å²) in [4.78, 5) is 0. The fourth-order valence-corrected chi connectivity index (χ4v) is 8.54. The standard InChI is InChI=1S/C24H22NP/c25-20-16-18-24(19-17-20)26(21-10-4-1-5-11-21,22-12-6-2-7-13-22)23-14-8-3-9-15-23/h1-19,26H,25H2. The van der Waals surface area contributed by atoms with Crippen molar-refractivity contribution >= 4 is 34.2 Å². The number of rotatable bonds is 4. The van der Waals surface area contributed by atoms with Gasteiger partial charge in [0, 0.05) is 0 Å². The molecule has 0 atom stereocenters. The van der Waals surface area contributed by atoms with Crippen molar-refractivity contribution < 1.29 is 0 Å². The van der Waals surface area contributed by atoms with E-state index >= 15 is 0 Å². The van der Waals surface area contributed by atoms with Crippen LogP contribution in [0.2, 0.25) is 0 Å². The van der Waals surface area contributed by atoms with Crippen LogP contribution in [0.4, 0.5) is 5.69 Å². The number of hydrogen-bond acceptors (Lipinski definition) is 1. The number of anilines is 1. The van der Waals surface area contributed by atoms with Crippen LogP contribution in [-0.2, 0) is 0 Å². The quantitative estimate of drug-likeness (QED) is 0.439. The summed E-state index contributed by atoms with van der Waals surface area (Å²) in [6.45, 7) is 0. The third kappa shape index (κ3) is 2.81. The second-order valence-electron chi connectivity index (χ2n) is 6.47. The molecular weight excluding hydrogens is 333 g/mol. The summed E-state index contributed by atoms with van der Waals surface area (Å²) < 4.78 is 0. The van der Waals surface area contributed by atoms with Crippen molar-refractivity contribution in [3.8, 4) is 0 Å². The third-order valence-electron chi connectivity index (χ3n) is 4.96. The first-order chi connectivity index (χ1) is 12.8. The van der Waals surface area contributed by atoms with Crippen LogP contribution < -0.4 is 27.0 Å². The van der Waals surface area contributed by atoms with E-state index in [0.29, 0.717) is 0 Å². The fraction of sp³-hybridized carbons (Fsp3) is 0. The molecule has 128 valence electrons. The van der Waals surface area contributed by atoms with Gasteiger partial charge in [-0.15, -0.1) is 0 Å². The molecule has 4 rings (SSSR count). The van der Waals surface area contributed by atoms with Gasteiger partial charge < -0.3 is 0 Å². The van der Waals surface area contributed by atoms with Crippen LogP contribution in [0.3, 0.4) is 0 Å². The molecule has 0 aromatic heterocycles. The Morgan fingerprint density at radius 2 is 0.692 bits per heavy atom. The molecule has 0 unspecified atom stereocenters. The van der Waals surface area contributed by atoms with Crippen molar-refractivity contribution in [3.05, 3.63) is 115 Å². The topological polar surface area (TPSA) is 26.0 Å². The Bertz CT molecular complexity index is 868. The van der Waals surface area contributed by atoms with E-state index in [9.17, 15) is 0 Å². The SMILES string of the molecule is Nc1ccc([PH](c2ccccc2)(c2ccccc2)c2ccccc2)cc1. The Labute approximate surface area is 155 Å². The molecule has 0 spiro atoms. The van der Waals surface area contributed by atoms with E-state index in [4.69, 9.17) is 5.73 Å². The minimum atomic E-state index is -2.38. The van der Waals surface area contributed by atoms with Gasteiger partial charge in [-0.05, 0) is 0 Å². The van der Waals surface area contributed by atoms with Crippen LogP contribution in [0.25, 0.3) is 0 Å². The summed E-state index contributed by atoms with van der Waals surface area (Å²) in [6, 6.07) is 41.1. The van der Waals surface area contributed by atoms with E-state index in [1.165, 1.54) is 21.2 Å². The van der Waals surface area contributed by atoms with Gasteiger partial charge >= 0.3 is 155 Å². The molecule has 0 amide bonds. The molecule has 1 nitrogen and oxygen atoms in total. The molecule has 0 aliphatic rings. The zero-order valence-corrected chi connectivity index (χ0v) is 15.5. The first kappa shape index (κ1) is 16.6. The molecule has 0 aliphatic heterocycles. The maximum atomic E-state index is 6.00. The average Bonchev–Trinajstić information content (AvgIpc) is 2.72. The van der Waals surface area contributed by atoms with Crippen LogP contribution in [-0.4, -0.2) is 0 Å². The van der Waals surface area contributed by atoms with E-state index in [1.807, 2.05) is 12.1 Å². The molecular formula is C24H22NP. The second kappa shape index (κ2) is 7.15. The molecule has 0 saturated carbocycles. The van der Waals surface area contributed by atoms with E-state index < -0.39 is 7.26 Å². The Morgan fingerprint density at radius 3 is 1.04 bits per heavy atom. The van der Waals surface area contributed by atoms with Gasteiger partial charge in [-0.1, -0.05) is 0 Å². The van der Waals surface area contributed by atoms with E-state index in [0.717, 1.165) is 5.69 Å². The summed E-state index contributed by atoms with van der Waals surface area (Å²) in [6.07, 6.45) is 0. The van der Waals surface area contributed by atoms with Gasteiger partial charge in [0.25, 0.3) is 0 Å². The van der Waals surface area contributed by atoms with Gasteiger partial charge in [0.05, 0.1) is 0 Å². The minimum absolute atomic E-state index is 0.797. The number of nitrogens with two attached hydrogens (primary N) is 1. The summed E-state index contributed by atoms with van der Waals surface area (Å²) in [5, 5.41) is 5.47. The van der Waals surface area contributed by atoms with Gasteiger partial charge in [-0.25, -0.2) is 0 Å². The van der Waals surface area contributed by atoms with Gasteiger partial charge in [0.1, 0.15) is 0 Å². The second-order valence-corrected chi connectivity index (χ2v) is 10.3. The molecule has 0 fully saturated rings.